The highest BCUT2D eigenvalue weighted by Gasteiger charge is 2.29. The molecule has 2 aromatic rings. The third-order valence-corrected chi connectivity index (χ3v) is 4.46. The van der Waals surface area contributed by atoms with Gasteiger partial charge in [-0.15, -0.1) is 0 Å². The average molecular weight is 339 g/mol. The molecule has 4 rings (SSSR count). The number of furan rings is 1. The lowest BCUT2D eigenvalue weighted by atomic mass is 10.1. The molecule has 0 saturated carbocycles. The molecule has 1 fully saturated rings. The first-order chi connectivity index (χ1) is 12.1. The molecule has 0 radical (unpaired) electrons. The number of pyridine rings is 1. The van der Waals surface area contributed by atoms with Crippen LogP contribution in [0.25, 0.3) is 11.6 Å². The number of aromatic carboxylic acids is 1. The number of aromatic hydroxyl groups is 1. The van der Waals surface area contributed by atoms with Gasteiger partial charge >= 0.3 is 5.97 Å². The summed E-state index contributed by atoms with van der Waals surface area (Å²) in [5.41, 5.74) is 1.35. The van der Waals surface area contributed by atoms with Crippen molar-refractivity contribution in [2.24, 2.45) is 4.99 Å². The summed E-state index contributed by atoms with van der Waals surface area (Å²) in [5, 5.41) is 19.9. The summed E-state index contributed by atoms with van der Waals surface area (Å²) in [6, 6.07) is 3.66. The summed E-state index contributed by atoms with van der Waals surface area (Å²) in [4.78, 5) is 21.9. The van der Waals surface area contributed by atoms with E-state index in [9.17, 15) is 15.0 Å². The van der Waals surface area contributed by atoms with Gasteiger partial charge in [0.15, 0.2) is 22.9 Å². The van der Waals surface area contributed by atoms with Gasteiger partial charge in [-0.05, 0) is 37.5 Å². The molecule has 2 N–H and O–H groups in total. The highest BCUT2D eigenvalue weighted by molar-refractivity contribution is 6.21. The zero-order valence-corrected chi connectivity index (χ0v) is 13.5. The van der Waals surface area contributed by atoms with E-state index >= 15 is 0 Å². The molecule has 4 heterocycles. The maximum Gasteiger partial charge on any atom is 0.345 e. The summed E-state index contributed by atoms with van der Waals surface area (Å²) in [5.74, 6) is -0.622. The van der Waals surface area contributed by atoms with E-state index in [1.165, 1.54) is 0 Å². The Balaban J connectivity index is 1.77. The maximum atomic E-state index is 11.6. The SMILES string of the molecule is O=C(O)c1c(N2CCCCC2)oc(C=C2C=Nc3ncccc32)c1O. The molecule has 1 saturated heterocycles. The van der Waals surface area contributed by atoms with Crippen LogP contribution in [0.1, 0.15) is 40.9 Å². The van der Waals surface area contributed by atoms with Crippen LogP contribution >= 0.6 is 0 Å². The van der Waals surface area contributed by atoms with Gasteiger partial charge in [-0.25, -0.2) is 14.8 Å². The number of piperidine rings is 1. The zero-order valence-electron chi connectivity index (χ0n) is 13.5. The molecule has 128 valence electrons. The molecule has 2 aromatic heterocycles. The first-order valence-electron chi connectivity index (χ1n) is 8.20. The predicted octanol–water partition coefficient (Wildman–Crippen LogP) is 3.33. The van der Waals surface area contributed by atoms with E-state index in [0.717, 1.165) is 37.9 Å². The van der Waals surface area contributed by atoms with Crippen molar-refractivity contribution in [3.63, 3.8) is 0 Å². The molecular weight excluding hydrogens is 322 g/mol. The van der Waals surface area contributed by atoms with Crippen molar-refractivity contribution in [1.29, 1.82) is 0 Å². The smallest absolute Gasteiger partial charge is 0.345 e. The minimum Gasteiger partial charge on any atom is -0.504 e. The molecule has 0 aromatic carbocycles. The fourth-order valence-corrected chi connectivity index (χ4v) is 3.22. The lowest BCUT2D eigenvalue weighted by Gasteiger charge is -2.26. The highest BCUT2D eigenvalue weighted by atomic mass is 16.4. The van der Waals surface area contributed by atoms with Crippen molar-refractivity contribution in [3.8, 4) is 5.75 Å². The Hall–Kier alpha value is -3.09. The Morgan fingerprint density at radius 3 is 2.84 bits per heavy atom. The van der Waals surface area contributed by atoms with Crippen LogP contribution in [0.4, 0.5) is 11.7 Å². The summed E-state index contributed by atoms with van der Waals surface area (Å²) in [6.45, 7) is 1.44. The number of hydrogen-bond acceptors (Lipinski definition) is 6. The largest absolute Gasteiger partial charge is 0.504 e. The number of rotatable bonds is 3. The normalized spacial score (nSPS) is 17.9. The van der Waals surface area contributed by atoms with Crippen molar-refractivity contribution in [2.75, 3.05) is 18.0 Å². The molecule has 2 aliphatic rings. The van der Waals surface area contributed by atoms with E-state index in [-0.39, 0.29) is 23.0 Å². The van der Waals surface area contributed by atoms with Crippen LogP contribution < -0.4 is 4.90 Å². The van der Waals surface area contributed by atoms with Gasteiger partial charge in [0.1, 0.15) is 0 Å². The van der Waals surface area contributed by atoms with E-state index in [2.05, 4.69) is 9.98 Å². The zero-order chi connectivity index (χ0) is 17.4. The summed E-state index contributed by atoms with van der Waals surface area (Å²) >= 11 is 0. The minimum absolute atomic E-state index is 0.121. The second-order valence-corrected chi connectivity index (χ2v) is 6.08. The monoisotopic (exact) mass is 339 g/mol. The van der Waals surface area contributed by atoms with E-state index in [1.807, 2.05) is 11.0 Å². The van der Waals surface area contributed by atoms with Gasteiger partial charge in [-0.3, -0.25) is 0 Å². The van der Waals surface area contributed by atoms with Crippen molar-refractivity contribution in [1.82, 2.24) is 4.98 Å². The first kappa shape index (κ1) is 15.4. The molecule has 0 bridgehead atoms. The topological polar surface area (TPSA) is 99.2 Å². The van der Waals surface area contributed by atoms with Crippen LogP contribution in [-0.2, 0) is 0 Å². The number of allylic oxidation sites excluding steroid dienone is 1. The van der Waals surface area contributed by atoms with Crippen LogP contribution in [0.5, 0.6) is 5.75 Å². The van der Waals surface area contributed by atoms with Crippen molar-refractivity contribution in [2.45, 2.75) is 19.3 Å². The van der Waals surface area contributed by atoms with Crippen LogP contribution in [0, 0.1) is 0 Å². The quantitative estimate of drug-likeness (QED) is 0.890. The Labute approximate surface area is 143 Å². The molecule has 0 amide bonds. The lowest BCUT2D eigenvalue weighted by molar-refractivity contribution is 0.0694. The van der Waals surface area contributed by atoms with Crippen LogP contribution in [-0.4, -0.2) is 40.5 Å². The van der Waals surface area contributed by atoms with Crippen LogP contribution in [0.3, 0.4) is 0 Å². The molecule has 0 unspecified atom stereocenters. The van der Waals surface area contributed by atoms with Gasteiger partial charge in [0.05, 0.1) is 0 Å². The predicted molar refractivity (Wildman–Crippen MR) is 93.7 cm³/mol. The average Bonchev–Trinajstić information content (AvgIpc) is 3.18. The molecular formula is C18H17N3O4. The summed E-state index contributed by atoms with van der Waals surface area (Å²) < 4.78 is 5.76. The highest BCUT2D eigenvalue weighted by Crippen LogP contribution is 2.40. The van der Waals surface area contributed by atoms with E-state index < -0.39 is 5.97 Å². The van der Waals surface area contributed by atoms with Gasteiger partial charge in [0.25, 0.3) is 0 Å². The molecule has 2 aliphatic heterocycles. The third-order valence-electron chi connectivity index (χ3n) is 4.46. The summed E-state index contributed by atoms with van der Waals surface area (Å²) in [6.07, 6.45) is 7.95. The fourth-order valence-electron chi connectivity index (χ4n) is 3.22. The number of nitrogens with zero attached hydrogens (tertiary/aromatic N) is 3. The fraction of sp³-hybridized carbons (Fsp3) is 0.278. The number of fused-ring (bicyclic) bond motifs is 1. The van der Waals surface area contributed by atoms with Crippen molar-refractivity contribution in [3.05, 3.63) is 35.2 Å². The minimum atomic E-state index is -1.20. The second-order valence-electron chi connectivity index (χ2n) is 6.08. The number of aromatic nitrogens is 1. The second kappa shape index (κ2) is 6.08. The molecule has 0 atom stereocenters. The Morgan fingerprint density at radius 1 is 1.28 bits per heavy atom. The van der Waals surface area contributed by atoms with Crippen molar-refractivity contribution < 1.29 is 19.4 Å². The number of carboxylic acids is 1. The van der Waals surface area contributed by atoms with Gasteiger partial charge in [-0.1, -0.05) is 0 Å². The lowest BCUT2D eigenvalue weighted by Crippen LogP contribution is -2.30. The van der Waals surface area contributed by atoms with Gasteiger partial charge in [0, 0.05) is 36.6 Å². The molecule has 7 nitrogen and oxygen atoms in total. The Kier molecular flexibility index (Phi) is 3.76. The van der Waals surface area contributed by atoms with E-state index in [1.54, 1.807) is 24.6 Å². The first-order valence-corrected chi connectivity index (χ1v) is 8.20. The third kappa shape index (κ3) is 2.67. The number of carboxylic acid groups (broad SMARTS) is 1. The maximum absolute atomic E-state index is 11.6. The number of aliphatic imine (C=N–C) groups is 1. The van der Waals surface area contributed by atoms with Crippen LogP contribution in [0.2, 0.25) is 0 Å². The Bertz CT molecular complexity index is 892. The number of anilines is 1. The molecule has 0 aliphatic carbocycles. The van der Waals surface area contributed by atoms with Gasteiger partial charge in [0.2, 0.25) is 5.88 Å². The van der Waals surface area contributed by atoms with E-state index in [0.29, 0.717) is 11.4 Å². The Morgan fingerprint density at radius 2 is 2.08 bits per heavy atom. The molecule has 0 spiro atoms. The number of hydrogen-bond donors (Lipinski definition) is 2. The summed E-state index contributed by atoms with van der Waals surface area (Å²) in [7, 11) is 0. The van der Waals surface area contributed by atoms with Gasteiger partial charge < -0.3 is 19.5 Å². The molecule has 7 heteroatoms. The van der Waals surface area contributed by atoms with Gasteiger partial charge in [-0.2, -0.15) is 0 Å². The van der Waals surface area contributed by atoms with E-state index in [4.69, 9.17) is 4.42 Å². The standard InChI is InChI=1S/C18H17N3O4/c22-15-13(9-11-10-20-16-12(11)5-4-6-19-16)25-17(14(15)18(23)24)21-7-2-1-3-8-21/h4-6,9-10,22H,1-3,7-8H2,(H,23,24). The van der Waals surface area contributed by atoms with Crippen LogP contribution in [0.15, 0.2) is 27.7 Å². The number of carbonyl (C=O) groups is 1. The molecule has 25 heavy (non-hydrogen) atoms. The van der Waals surface area contributed by atoms with Crippen molar-refractivity contribution >= 4 is 35.5 Å².